The van der Waals surface area contributed by atoms with Gasteiger partial charge in [-0.2, -0.15) is 13.7 Å². The first kappa shape index (κ1) is 24.2. The van der Waals surface area contributed by atoms with Crippen LogP contribution < -0.4 is 5.43 Å². The maximum atomic E-state index is 13.3. The number of sulfonamides is 2. The summed E-state index contributed by atoms with van der Waals surface area (Å²) < 4.78 is 55.1. The molecule has 2 aromatic carbocycles. The number of carbonyl (C=O) groups excluding carboxylic acids is 1. The van der Waals surface area contributed by atoms with Crippen molar-refractivity contribution in [1.29, 1.82) is 0 Å². The Bertz CT molecular complexity index is 1360. The number of rotatable bonds is 7. The van der Waals surface area contributed by atoms with Crippen molar-refractivity contribution in [2.75, 3.05) is 19.6 Å². The Morgan fingerprint density at radius 2 is 1.50 bits per heavy atom. The number of nitrogens with one attached hydrogen (secondary N) is 1. The standard InChI is InChI=1S/C22H22N4O5S3/c27-22(24-23-16-18-8-7-15-32-18)21-17-25(33(28,29)19-9-3-1-4-10-19)13-14-26(21)34(30,31)20-11-5-2-6-12-20/h1-12,15-16,21H,13-14,17H2,(H,24,27)/b23-16-/t21-/m0/s1. The number of hydrogen-bond acceptors (Lipinski definition) is 7. The summed E-state index contributed by atoms with van der Waals surface area (Å²) in [6, 6.07) is 17.9. The molecule has 0 spiro atoms. The average Bonchev–Trinajstić information content (AvgIpc) is 3.38. The smallest absolute Gasteiger partial charge is 0.259 e. The van der Waals surface area contributed by atoms with E-state index in [1.54, 1.807) is 42.5 Å². The monoisotopic (exact) mass is 518 g/mol. The quantitative estimate of drug-likeness (QED) is 0.379. The lowest BCUT2D eigenvalue weighted by Gasteiger charge is -2.38. The van der Waals surface area contributed by atoms with Crippen LogP contribution in [0.3, 0.4) is 0 Å². The summed E-state index contributed by atoms with van der Waals surface area (Å²) in [5.41, 5.74) is 2.37. The molecule has 1 aliphatic rings. The zero-order valence-electron chi connectivity index (χ0n) is 17.9. The Kier molecular flexibility index (Phi) is 7.24. The van der Waals surface area contributed by atoms with E-state index in [1.807, 2.05) is 11.4 Å². The summed E-state index contributed by atoms with van der Waals surface area (Å²) >= 11 is 1.42. The molecule has 34 heavy (non-hydrogen) atoms. The van der Waals surface area contributed by atoms with Crippen LogP contribution >= 0.6 is 11.3 Å². The molecule has 0 saturated carbocycles. The van der Waals surface area contributed by atoms with E-state index in [9.17, 15) is 21.6 Å². The highest BCUT2D eigenvalue weighted by Gasteiger charge is 2.43. The van der Waals surface area contributed by atoms with Gasteiger partial charge in [0.05, 0.1) is 16.0 Å². The summed E-state index contributed by atoms with van der Waals surface area (Å²) in [4.78, 5) is 14.0. The number of thiophene rings is 1. The van der Waals surface area contributed by atoms with Crippen LogP contribution in [0.2, 0.25) is 0 Å². The van der Waals surface area contributed by atoms with Crippen LogP contribution in [0.1, 0.15) is 4.88 Å². The van der Waals surface area contributed by atoms with Gasteiger partial charge in [-0.1, -0.05) is 42.5 Å². The van der Waals surface area contributed by atoms with E-state index >= 15 is 0 Å². The lowest BCUT2D eigenvalue weighted by Crippen LogP contribution is -2.60. The minimum Gasteiger partial charge on any atom is -0.271 e. The van der Waals surface area contributed by atoms with Crippen LogP contribution in [-0.2, 0) is 24.8 Å². The lowest BCUT2D eigenvalue weighted by atomic mass is 10.2. The van der Waals surface area contributed by atoms with E-state index in [-0.39, 0.29) is 29.4 Å². The molecule has 1 fully saturated rings. The molecule has 0 radical (unpaired) electrons. The normalized spacial score (nSPS) is 18.2. The molecular weight excluding hydrogens is 496 g/mol. The first-order valence-electron chi connectivity index (χ1n) is 10.3. The van der Waals surface area contributed by atoms with Gasteiger partial charge in [-0.05, 0) is 35.7 Å². The fourth-order valence-corrected chi connectivity index (χ4v) is 7.16. The summed E-state index contributed by atoms with van der Waals surface area (Å²) in [5, 5.41) is 5.77. The van der Waals surface area contributed by atoms with Crippen LogP contribution in [0, 0.1) is 0 Å². The summed E-state index contributed by atoms with van der Waals surface area (Å²) in [6.07, 6.45) is 1.44. The molecular formula is C22H22N4O5S3. The predicted octanol–water partition coefficient (Wildman–Crippen LogP) is 1.96. The maximum absolute atomic E-state index is 13.3. The van der Waals surface area contributed by atoms with E-state index in [0.29, 0.717) is 0 Å². The Morgan fingerprint density at radius 3 is 2.09 bits per heavy atom. The molecule has 1 aromatic heterocycles. The number of benzene rings is 2. The fourth-order valence-electron chi connectivity index (χ4n) is 3.53. The molecule has 2 heterocycles. The highest BCUT2D eigenvalue weighted by molar-refractivity contribution is 7.89. The number of piperazine rings is 1. The molecule has 1 aliphatic heterocycles. The van der Waals surface area contributed by atoms with Gasteiger partial charge in [-0.25, -0.2) is 22.3 Å². The summed E-state index contributed by atoms with van der Waals surface area (Å²) in [7, 11) is -7.98. The van der Waals surface area contributed by atoms with Crippen molar-refractivity contribution in [3.63, 3.8) is 0 Å². The molecule has 178 valence electrons. The van der Waals surface area contributed by atoms with Crippen LogP contribution in [-0.4, -0.2) is 63.2 Å². The van der Waals surface area contributed by atoms with Crippen molar-refractivity contribution >= 4 is 43.5 Å². The van der Waals surface area contributed by atoms with Gasteiger partial charge in [0, 0.05) is 24.5 Å². The van der Waals surface area contributed by atoms with E-state index < -0.39 is 32.0 Å². The summed E-state index contributed by atoms with van der Waals surface area (Å²) in [6.45, 7) is -0.620. The second kappa shape index (κ2) is 10.2. The van der Waals surface area contributed by atoms with Gasteiger partial charge in [0.2, 0.25) is 20.0 Å². The SMILES string of the molecule is O=C(N/N=C\c1cccs1)[C@@H]1CN(S(=O)(=O)c2ccccc2)CCN1S(=O)(=O)c1ccccc1. The second-order valence-corrected chi connectivity index (χ2v) is 12.2. The highest BCUT2D eigenvalue weighted by Crippen LogP contribution is 2.25. The van der Waals surface area contributed by atoms with E-state index in [0.717, 1.165) is 13.5 Å². The molecule has 0 unspecified atom stereocenters. The molecule has 0 aliphatic carbocycles. The third kappa shape index (κ3) is 5.10. The number of hydrogen-bond donors (Lipinski definition) is 1. The van der Waals surface area contributed by atoms with Gasteiger partial charge in [0.1, 0.15) is 6.04 Å². The molecule has 1 saturated heterocycles. The number of nitrogens with zero attached hydrogens (tertiary/aromatic N) is 3. The summed E-state index contributed by atoms with van der Waals surface area (Å²) in [5.74, 6) is -0.722. The minimum atomic E-state index is -4.06. The second-order valence-electron chi connectivity index (χ2n) is 7.37. The zero-order chi connectivity index (χ0) is 24.2. The Morgan fingerprint density at radius 1 is 0.882 bits per heavy atom. The van der Waals surface area contributed by atoms with Gasteiger partial charge in [-0.3, -0.25) is 4.79 Å². The van der Waals surface area contributed by atoms with Gasteiger partial charge in [0.25, 0.3) is 5.91 Å². The van der Waals surface area contributed by atoms with Crippen molar-refractivity contribution in [2.24, 2.45) is 5.10 Å². The van der Waals surface area contributed by atoms with E-state index in [4.69, 9.17) is 0 Å². The van der Waals surface area contributed by atoms with Crippen LogP contribution in [0.4, 0.5) is 0 Å². The molecule has 9 nitrogen and oxygen atoms in total. The molecule has 4 rings (SSSR count). The Hall–Kier alpha value is -2.90. The Balaban J connectivity index is 1.63. The molecule has 1 amide bonds. The molecule has 0 bridgehead atoms. The van der Waals surface area contributed by atoms with Gasteiger partial charge < -0.3 is 0 Å². The lowest BCUT2D eigenvalue weighted by molar-refractivity contribution is -0.125. The molecule has 12 heteroatoms. The largest absolute Gasteiger partial charge is 0.271 e. The topological polar surface area (TPSA) is 116 Å². The van der Waals surface area contributed by atoms with Crippen LogP contribution in [0.15, 0.2) is 93.1 Å². The van der Waals surface area contributed by atoms with Gasteiger partial charge in [0.15, 0.2) is 0 Å². The van der Waals surface area contributed by atoms with Crippen molar-refractivity contribution in [3.8, 4) is 0 Å². The van der Waals surface area contributed by atoms with Crippen molar-refractivity contribution in [2.45, 2.75) is 15.8 Å². The number of carbonyl (C=O) groups is 1. The van der Waals surface area contributed by atoms with Crippen molar-refractivity contribution in [1.82, 2.24) is 14.0 Å². The highest BCUT2D eigenvalue weighted by atomic mass is 32.2. The van der Waals surface area contributed by atoms with Crippen LogP contribution in [0.5, 0.6) is 0 Å². The van der Waals surface area contributed by atoms with Crippen molar-refractivity contribution < 1.29 is 21.6 Å². The van der Waals surface area contributed by atoms with E-state index in [1.165, 1.54) is 41.8 Å². The maximum Gasteiger partial charge on any atom is 0.259 e. The molecule has 1 atom stereocenters. The third-order valence-corrected chi connectivity index (χ3v) is 9.85. The van der Waals surface area contributed by atoms with Crippen molar-refractivity contribution in [3.05, 3.63) is 83.1 Å². The number of hydrazone groups is 1. The Labute approximate surface area is 202 Å². The van der Waals surface area contributed by atoms with Gasteiger partial charge in [-0.15, -0.1) is 11.3 Å². The molecule has 1 N–H and O–H groups in total. The van der Waals surface area contributed by atoms with Gasteiger partial charge >= 0.3 is 0 Å². The predicted molar refractivity (Wildman–Crippen MR) is 129 cm³/mol. The average molecular weight is 519 g/mol. The molecule has 3 aromatic rings. The fraction of sp³-hybridized carbons (Fsp3) is 0.182. The minimum absolute atomic E-state index is 0.0225. The van der Waals surface area contributed by atoms with E-state index in [2.05, 4.69) is 10.5 Å². The third-order valence-electron chi connectivity index (χ3n) is 5.24. The first-order valence-corrected chi connectivity index (χ1v) is 14.0. The first-order chi connectivity index (χ1) is 16.3. The number of amides is 1. The zero-order valence-corrected chi connectivity index (χ0v) is 20.3. The van der Waals surface area contributed by atoms with Crippen LogP contribution in [0.25, 0.3) is 0 Å².